The summed E-state index contributed by atoms with van der Waals surface area (Å²) in [5.74, 6) is -0.0631. The maximum atomic E-state index is 11.2. The van der Waals surface area contributed by atoms with Crippen LogP contribution in [0.2, 0.25) is 0 Å². The van der Waals surface area contributed by atoms with Crippen LogP contribution in [-0.2, 0) is 4.79 Å². The molecule has 0 spiro atoms. The number of carboxylic acids is 1. The fourth-order valence-electron chi connectivity index (χ4n) is 1.96. The second-order valence-corrected chi connectivity index (χ2v) is 4.54. The smallest absolute Gasteiger partial charge is 0.310 e. The van der Waals surface area contributed by atoms with Crippen LogP contribution in [-0.4, -0.2) is 17.6 Å². The Morgan fingerprint density at radius 2 is 2.21 bits per heavy atom. The predicted octanol–water partition coefficient (Wildman–Crippen LogP) is 2.01. The highest BCUT2D eigenvalue weighted by Gasteiger charge is 2.41. The molecule has 0 heterocycles. The first-order chi connectivity index (χ1) is 6.64. The van der Waals surface area contributed by atoms with E-state index in [1.165, 1.54) is 12.8 Å². The van der Waals surface area contributed by atoms with Crippen LogP contribution >= 0.6 is 0 Å². The van der Waals surface area contributed by atoms with E-state index in [-0.39, 0.29) is 0 Å². The molecular weight excluding hydrogens is 178 g/mol. The van der Waals surface area contributed by atoms with Gasteiger partial charge in [0, 0.05) is 6.54 Å². The second-order valence-electron chi connectivity index (χ2n) is 4.54. The highest BCUT2D eigenvalue weighted by atomic mass is 16.4. The molecule has 0 aliphatic heterocycles. The molecule has 0 saturated heterocycles. The van der Waals surface area contributed by atoms with Gasteiger partial charge in [-0.15, -0.1) is 0 Å². The summed E-state index contributed by atoms with van der Waals surface area (Å²) in [6.07, 6.45) is 5.93. The molecule has 1 unspecified atom stereocenters. The lowest BCUT2D eigenvalue weighted by molar-refractivity contribution is -0.149. The van der Waals surface area contributed by atoms with E-state index < -0.39 is 11.4 Å². The van der Waals surface area contributed by atoms with Crippen LogP contribution in [0.15, 0.2) is 0 Å². The third-order valence-electron chi connectivity index (χ3n) is 3.23. The molecule has 1 saturated carbocycles. The zero-order valence-corrected chi connectivity index (χ0v) is 8.96. The summed E-state index contributed by atoms with van der Waals surface area (Å²) in [5.41, 5.74) is 5.02. The van der Waals surface area contributed by atoms with Gasteiger partial charge in [0.2, 0.25) is 0 Å². The van der Waals surface area contributed by atoms with Gasteiger partial charge in [-0.1, -0.05) is 32.6 Å². The Hall–Kier alpha value is -0.570. The number of rotatable bonds is 7. The van der Waals surface area contributed by atoms with Gasteiger partial charge in [-0.3, -0.25) is 4.79 Å². The molecule has 0 aromatic carbocycles. The molecule has 3 heteroatoms. The van der Waals surface area contributed by atoms with E-state index in [1.807, 2.05) is 0 Å². The second kappa shape index (κ2) is 4.78. The molecule has 1 rings (SSSR count). The van der Waals surface area contributed by atoms with Crippen molar-refractivity contribution < 1.29 is 9.90 Å². The van der Waals surface area contributed by atoms with Crippen molar-refractivity contribution in [2.75, 3.05) is 6.54 Å². The van der Waals surface area contributed by atoms with Crippen molar-refractivity contribution in [1.82, 2.24) is 0 Å². The van der Waals surface area contributed by atoms with E-state index in [0.717, 1.165) is 25.7 Å². The number of carbonyl (C=O) groups is 1. The van der Waals surface area contributed by atoms with Crippen LogP contribution in [0.1, 0.15) is 45.4 Å². The van der Waals surface area contributed by atoms with Gasteiger partial charge >= 0.3 is 5.97 Å². The highest BCUT2D eigenvalue weighted by molar-refractivity contribution is 5.75. The average molecular weight is 199 g/mol. The molecule has 1 fully saturated rings. The van der Waals surface area contributed by atoms with E-state index >= 15 is 0 Å². The Morgan fingerprint density at radius 3 is 2.57 bits per heavy atom. The summed E-state index contributed by atoms with van der Waals surface area (Å²) in [6, 6.07) is 0. The Balaban J connectivity index is 2.57. The summed E-state index contributed by atoms with van der Waals surface area (Å²) in [4.78, 5) is 11.2. The molecular formula is C11H21NO2. The van der Waals surface area contributed by atoms with Crippen molar-refractivity contribution in [3.8, 4) is 0 Å². The summed E-state index contributed by atoms with van der Waals surface area (Å²) in [7, 11) is 0. The van der Waals surface area contributed by atoms with Crippen molar-refractivity contribution in [2.24, 2.45) is 17.1 Å². The quantitative estimate of drug-likeness (QED) is 0.659. The first-order valence-corrected chi connectivity index (χ1v) is 5.58. The fraction of sp³-hybridized carbons (Fsp3) is 0.909. The summed E-state index contributed by atoms with van der Waals surface area (Å²) < 4.78 is 0. The maximum absolute atomic E-state index is 11.2. The number of unbranched alkanes of at least 4 members (excludes halogenated alkanes) is 1. The van der Waals surface area contributed by atoms with Crippen LogP contribution in [0.25, 0.3) is 0 Å². The standard InChI is InChI=1S/C11H21NO2/c1-2-3-6-11(8-12,10(13)14)7-9-4-5-9/h9H,2-8,12H2,1H3,(H,13,14). The third-order valence-corrected chi connectivity index (χ3v) is 3.23. The van der Waals surface area contributed by atoms with Gasteiger partial charge in [0.15, 0.2) is 0 Å². The van der Waals surface area contributed by atoms with E-state index in [2.05, 4.69) is 6.92 Å². The molecule has 82 valence electrons. The lowest BCUT2D eigenvalue weighted by atomic mass is 9.78. The minimum atomic E-state index is -0.694. The van der Waals surface area contributed by atoms with Crippen molar-refractivity contribution in [1.29, 1.82) is 0 Å². The fourth-order valence-corrected chi connectivity index (χ4v) is 1.96. The number of hydrogen-bond donors (Lipinski definition) is 2. The topological polar surface area (TPSA) is 63.3 Å². The molecule has 1 aliphatic carbocycles. The zero-order valence-electron chi connectivity index (χ0n) is 8.96. The molecule has 0 amide bonds. The number of nitrogens with two attached hydrogens (primary N) is 1. The third kappa shape index (κ3) is 2.71. The molecule has 3 nitrogen and oxygen atoms in total. The molecule has 0 bridgehead atoms. The minimum absolute atomic E-state index is 0.291. The van der Waals surface area contributed by atoms with Gasteiger partial charge in [-0.2, -0.15) is 0 Å². The van der Waals surface area contributed by atoms with Crippen molar-refractivity contribution in [2.45, 2.75) is 45.4 Å². The Kier molecular flexibility index (Phi) is 3.93. The molecule has 0 aromatic rings. The van der Waals surface area contributed by atoms with Gasteiger partial charge in [-0.25, -0.2) is 0 Å². The van der Waals surface area contributed by atoms with Gasteiger partial charge in [0.05, 0.1) is 5.41 Å². The van der Waals surface area contributed by atoms with Crippen molar-refractivity contribution >= 4 is 5.97 Å². The van der Waals surface area contributed by atoms with Crippen LogP contribution in [0, 0.1) is 11.3 Å². The van der Waals surface area contributed by atoms with Crippen LogP contribution in [0.4, 0.5) is 0 Å². The predicted molar refractivity (Wildman–Crippen MR) is 56.0 cm³/mol. The lowest BCUT2D eigenvalue weighted by Crippen LogP contribution is -2.39. The Labute approximate surface area is 85.7 Å². The molecule has 1 atom stereocenters. The maximum Gasteiger partial charge on any atom is 0.310 e. The molecule has 14 heavy (non-hydrogen) atoms. The normalized spacial score (nSPS) is 20.4. The molecule has 1 aliphatic rings. The molecule has 0 radical (unpaired) electrons. The first kappa shape index (κ1) is 11.5. The van der Waals surface area contributed by atoms with Crippen LogP contribution < -0.4 is 5.73 Å². The van der Waals surface area contributed by atoms with Gasteiger partial charge < -0.3 is 10.8 Å². The Morgan fingerprint density at radius 1 is 1.57 bits per heavy atom. The van der Waals surface area contributed by atoms with Gasteiger partial charge in [0.1, 0.15) is 0 Å². The Bertz CT molecular complexity index is 201. The molecule has 3 N–H and O–H groups in total. The monoisotopic (exact) mass is 199 g/mol. The van der Waals surface area contributed by atoms with Crippen LogP contribution in [0.3, 0.4) is 0 Å². The SMILES string of the molecule is CCCCC(CN)(CC1CC1)C(=O)O. The summed E-state index contributed by atoms with van der Waals surface area (Å²) in [5, 5.41) is 9.25. The van der Waals surface area contributed by atoms with E-state index in [9.17, 15) is 9.90 Å². The number of aliphatic carboxylic acids is 1. The number of hydrogen-bond acceptors (Lipinski definition) is 2. The van der Waals surface area contributed by atoms with E-state index in [0.29, 0.717) is 12.5 Å². The van der Waals surface area contributed by atoms with E-state index in [1.54, 1.807) is 0 Å². The summed E-state index contributed by atoms with van der Waals surface area (Å²) >= 11 is 0. The first-order valence-electron chi connectivity index (χ1n) is 5.58. The van der Waals surface area contributed by atoms with Crippen molar-refractivity contribution in [3.05, 3.63) is 0 Å². The lowest BCUT2D eigenvalue weighted by Gasteiger charge is -2.27. The van der Waals surface area contributed by atoms with E-state index in [4.69, 9.17) is 5.73 Å². The average Bonchev–Trinajstić information content (AvgIpc) is 2.95. The molecule has 0 aromatic heterocycles. The number of carboxylic acid groups (broad SMARTS) is 1. The summed E-state index contributed by atoms with van der Waals surface area (Å²) in [6.45, 7) is 2.37. The largest absolute Gasteiger partial charge is 0.481 e. The van der Waals surface area contributed by atoms with Gasteiger partial charge in [0.25, 0.3) is 0 Å². The van der Waals surface area contributed by atoms with Crippen LogP contribution in [0.5, 0.6) is 0 Å². The zero-order chi connectivity index (χ0) is 10.6. The van der Waals surface area contributed by atoms with Crippen molar-refractivity contribution in [3.63, 3.8) is 0 Å². The highest BCUT2D eigenvalue weighted by Crippen LogP contribution is 2.42. The minimum Gasteiger partial charge on any atom is -0.481 e. The van der Waals surface area contributed by atoms with Gasteiger partial charge in [-0.05, 0) is 18.8 Å².